The molecule has 0 radical (unpaired) electrons. The Balaban J connectivity index is 2.34. The average Bonchev–Trinajstić information content (AvgIpc) is 2.99. The molecule has 1 heterocycles. The fourth-order valence-electron chi connectivity index (χ4n) is 1.80. The lowest BCUT2D eigenvalue weighted by Gasteiger charge is -2.16. The molecule has 1 aromatic heterocycles. The first-order chi connectivity index (χ1) is 10.5. The van der Waals surface area contributed by atoms with Crippen LogP contribution in [0.1, 0.15) is 31.9 Å². The molecule has 0 aliphatic heterocycles. The molecule has 0 fully saturated rings. The molecule has 1 unspecified atom stereocenters. The molecule has 0 saturated carbocycles. The standard InChI is InChI=1S/C14H22N4O4/c1-2-3-6-11(18-14(15)21)13(20)17-9-12(19)16-8-10-5-4-7-22-10/h4-5,7,11H,2-3,6,8-9H2,1H3,(H,16,19)(H,17,20)(H3,15,18,21). The molecule has 8 nitrogen and oxygen atoms in total. The van der Waals surface area contributed by atoms with Gasteiger partial charge in [0.05, 0.1) is 19.4 Å². The van der Waals surface area contributed by atoms with Crippen molar-refractivity contribution in [2.24, 2.45) is 5.73 Å². The molecule has 0 saturated heterocycles. The maximum atomic E-state index is 11.9. The van der Waals surface area contributed by atoms with Gasteiger partial charge in [-0.15, -0.1) is 0 Å². The summed E-state index contributed by atoms with van der Waals surface area (Å²) in [6.45, 7) is 2.05. The van der Waals surface area contributed by atoms with Gasteiger partial charge < -0.3 is 26.1 Å². The summed E-state index contributed by atoms with van der Waals surface area (Å²) >= 11 is 0. The van der Waals surface area contributed by atoms with Crippen LogP contribution in [0.25, 0.3) is 0 Å². The number of nitrogens with one attached hydrogen (secondary N) is 3. The number of nitrogens with two attached hydrogens (primary N) is 1. The van der Waals surface area contributed by atoms with E-state index >= 15 is 0 Å². The summed E-state index contributed by atoms with van der Waals surface area (Å²) in [4.78, 5) is 34.5. The topological polar surface area (TPSA) is 126 Å². The second kappa shape index (κ2) is 9.43. The molecule has 1 aromatic rings. The Morgan fingerprint density at radius 2 is 2.09 bits per heavy atom. The largest absolute Gasteiger partial charge is 0.467 e. The maximum Gasteiger partial charge on any atom is 0.312 e. The Hall–Kier alpha value is -2.51. The quantitative estimate of drug-likeness (QED) is 0.521. The molecule has 0 aliphatic rings. The molecule has 5 N–H and O–H groups in total. The zero-order chi connectivity index (χ0) is 16.4. The fourth-order valence-corrected chi connectivity index (χ4v) is 1.80. The summed E-state index contributed by atoms with van der Waals surface area (Å²) in [6.07, 6.45) is 3.63. The van der Waals surface area contributed by atoms with Gasteiger partial charge in [-0.1, -0.05) is 19.8 Å². The smallest absolute Gasteiger partial charge is 0.312 e. The van der Waals surface area contributed by atoms with E-state index in [2.05, 4.69) is 16.0 Å². The van der Waals surface area contributed by atoms with E-state index in [-0.39, 0.29) is 19.0 Å². The van der Waals surface area contributed by atoms with Crippen molar-refractivity contribution >= 4 is 17.8 Å². The Morgan fingerprint density at radius 1 is 1.32 bits per heavy atom. The molecule has 1 atom stereocenters. The summed E-state index contributed by atoms with van der Waals surface area (Å²) in [5.74, 6) is -0.158. The molecule has 22 heavy (non-hydrogen) atoms. The monoisotopic (exact) mass is 310 g/mol. The highest BCUT2D eigenvalue weighted by Crippen LogP contribution is 2.01. The van der Waals surface area contributed by atoms with Crippen LogP contribution in [0, 0.1) is 0 Å². The van der Waals surface area contributed by atoms with Gasteiger partial charge in [0.25, 0.3) is 0 Å². The number of rotatable bonds is 9. The highest BCUT2D eigenvalue weighted by Gasteiger charge is 2.19. The van der Waals surface area contributed by atoms with Crippen LogP contribution in [-0.2, 0) is 16.1 Å². The third kappa shape index (κ3) is 6.78. The highest BCUT2D eigenvalue weighted by molar-refractivity contribution is 5.89. The summed E-state index contributed by atoms with van der Waals surface area (Å²) in [7, 11) is 0. The summed E-state index contributed by atoms with van der Waals surface area (Å²) in [6, 6.07) is 1.96. The molecule has 0 spiro atoms. The third-order valence-corrected chi connectivity index (χ3v) is 2.94. The van der Waals surface area contributed by atoms with E-state index in [0.29, 0.717) is 12.2 Å². The molecule has 0 aromatic carbocycles. The van der Waals surface area contributed by atoms with Gasteiger partial charge in [-0.2, -0.15) is 0 Å². The molecular weight excluding hydrogens is 288 g/mol. The van der Waals surface area contributed by atoms with Crippen molar-refractivity contribution in [3.05, 3.63) is 24.2 Å². The predicted octanol–water partition coefficient (Wildman–Crippen LogP) is 0.239. The molecule has 122 valence electrons. The number of carbonyl (C=O) groups excluding carboxylic acids is 3. The first kappa shape index (κ1) is 17.5. The Kier molecular flexibility index (Phi) is 7.52. The van der Waals surface area contributed by atoms with E-state index in [9.17, 15) is 14.4 Å². The zero-order valence-electron chi connectivity index (χ0n) is 12.6. The number of amides is 4. The molecule has 4 amide bonds. The second-order valence-corrected chi connectivity index (χ2v) is 4.78. The maximum absolute atomic E-state index is 11.9. The Morgan fingerprint density at radius 3 is 2.68 bits per heavy atom. The number of furan rings is 1. The van der Waals surface area contributed by atoms with E-state index in [1.54, 1.807) is 12.1 Å². The first-order valence-electron chi connectivity index (χ1n) is 7.15. The van der Waals surface area contributed by atoms with Crippen molar-refractivity contribution in [1.82, 2.24) is 16.0 Å². The van der Waals surface area contributed by atoms with E-state index in [4.69, 9.17) is 10.2 Å². The highest BCUT2D eigenvalue weighted by atomic mass is 16.3. The lowest BCUT2D eigenvalue weighted by molar-refractivity contribution is -0.127. The molecule has 0 bridgehead atoms. The van der Waals surface area contributed by atoms with Gasteiger partial charge in [0.1, 0.15) is 11.8 Å². The van der Waals surface area contributed by atoms with Gasteiger partial charge in [0, 0.05) is 0 Å². The van der Waals surface area contributed by atoms with Crippen molar-refractivity contribution in [3.8, 4) is 0 Å². The lowest BCUT2D eigenvalue weighted by Crippen LogP contribution is -2.50. The zero-order valence-corrected chi connectivity index (χ0v) is 12.6. The lowest BCUT2D eigenvalue weighted by atomic mass is 10.1. The van der Waals surface area contributed by atoms with Crippen molar-refractivity contribution in [1.29, 1.82) is 0 Å². The minimum absolute atomic E-state index is 0.178. The molecule has 1 rings (SSSR count). The second-order valence-electron chi connectivity index (χ2n) is 4.78. The number of urea groups is 1. The number of unbranched alkanes of at least 4 members (excludes halogenated alkanes) is 1. The van der Waals surface area contributed by atoms with Gasteiger partial charge >= 0.3 is 6.03 Å². The van der Waals surface area contributed by atoms with Gasteiger partial charge in [-0.25, -0.2) is 4.79 Å². The third-order valence-electron chi connectivity index (χ3n) is 2.94. The SMILES string of the molecule is CCCCC(NC(N)=O)C(=O)NCC(=O)NCc1ccco1. The van der Waals surface area contributed by atoms with Crippen molar-refractivity contribution in [2.45, 2.75) is 38.8 Å². The van der Waals surface area contributed by atoms with Crippen LogP contribution in [0.2, 0.25) is 0 Å². The van der Waals surface area contributed by atoms with Crippen LogP contribution in [-0.4, -0.2) is 30.4 Å². The number of primary amides is 1. The molecule has 0 aliphatic carbocycles. The van der Waals surface area contributed by atoms with Gasteiger partial charge in [-0.3, -0.25) is 9.59 Å². The van der Waals surface area contributed by atoms with E-state index < -0.39 is 18.0 Å². The summed E-state index contributed by atoms with van der Waals surface area (Å²) in [5, 5.41) is 7.45. The van der Waals surface area contributed by atoms with Gasteiger partial charge in [0.15, 0.2) is 0 Å². The van der Waals surface area contributed by atoms with Crippen molar-refractivity contribution < 1.29 is 18.8 Å². The predicted molar refractivity (Wildman–Crippen MR) is 79.6 cm³/mol. The molecule has 8 heteroatoms. The van der Waals surface area contributed by atoms with E-state index in [1.165, 1.54) is 6.26 Å². The minimum Gasteiger partial charge on any atom is -0.467 e. The summed E-state index contributed by atoms with van der Waals surface area (Å²) in [5.41, 5.74) is 5.04. The Bertz CT molecular complexity index is 487. The normalized spacial score (nSPS) is 11.5. The van der Waals surface area contributed by atoms with Crippen LogP contribution in [0.4, 0.5) is 4.79 Å². The van der Waals surface area contributed by atoms with Crippen LogP contribution < -0.4 is 21.7 Å². The number of hydrogen-bond acceptors (Lipinski definition) is 4. The summed E-state index contributed by atoms with van der Waals surface area (Å²) < 4.78 is 5.07. The molecular formula is C14H22N4O4. The number of carbonyl (C=O) groups is 3. The van der Waals surface area contributed by atoms with E-state index in [1.807, 2.05) is 6.92 Å². The first-order valence-corrected chi connectivity index (χ1v) is 7.15. The van der Waals surface area contributed by atoms with Crippen molar-refractivity contribution in [2.75, 3.05) is 6.54 Å². The van der Waals surface area contributed by atoms with Crippen molar-refractivity contribution in [3.63, 3.8) is 0 Å². The van der Waals surface area contributed by atoms with Crippen LogP contribution in [0.5, 0.6) is 0 Å². The van der Waals surface area contributed by atoms with Gasteiger partial charge in [0.2, 0.25) is 11.8 Å². The fraction of sp³-hybridized carbons (Fsp3) is 0.500. The average molecular weight is 310 g/mol. The van der Waals surface area contributed by atoms with Crippen LogP contribution in [0.3, 0.4) is 0 Å². The van der Waals surface area contributed by atoms with Gasteiger partial charge in [-0.05, 0) is 18.6 Å². The number of hydrogen-bond donors (Lipinski definition) is 4. The van der Waals surface area contributed by atoms with Crippen LogP contribution >= 0.6 is 0 Å². The Labute approximate surface area is 128 Å². The van der Waals surface area contributed by atoms with E-state index in [0.717, 1.165) is 12.8 Å². The van der Waals surface area contributed by atoms with Crippen LogP contribution in [0.15, 0.2) is 22.8 Å². The minimum atomic E-state index is -0.765.